The maximum Gasteiger partial charge on any atom is 0.336 e. The zero-order valence-electron chi connectivity index (χ0n) is 12.2. The molecule has 7 heteroatoms. The summed E-state index contributed by atoms with van der Waals surface area (Å²) in [4.78, 5) is 11.4. The van der Waals surface area contributed by atoms with Gasteiger partial charge in [-0.05, 0) is 36.6 Å². The van der Waals surface area contributed by atoms with Crippen LogP contribution < -0.4 is 11.4 Å². The monoisotopic (exact) mass is 322 g/mol. The SMILES string of the molecule is CC1CN(S(=O)(=O)c2ccc3oc(=O)ccc3c2)CCC1N. The van der Waals surface area contributed by atoms with E-state index in [0.717, 1.165) is 0 Å². The number of rotatable bonds is 2. The Morgan fingerprint density at radius 1 is 1.27 bits per heavy atom. The van der Waals surface area contributed by atoms with Gasteiger partial charge < -0.3 is 10.2 Å². The fourth-order valence-corrected chi connectivity index (χ4v) is 4.29. The molecule has 6 nitrogen and oxygen atoms in total. The van der Waals surface area contributed by atoms with Gasteiger partial charge in [-0.25, -0.2) is 13.2 Å². The lowest BCUT2D eigenvalue weighted by Crippen LogP contribution is -2.48. The maximum atomic E-state index is 12.7. The molecular weight excluding hydrogens is 304 g/mol. The summed E-state index contributed by atoms with van der Waals surface area (Å²) in [6, 6.07) is 7.41. The van der Waals surface area contributed by atoms with Gasteiger partial charge in [0.25, 0.3) is 0 Å². The lowest BCUT2D eigenvalue weighted by atomic mass is 9.96. The molecule has 2 heterocycles. The molecule has 0 bridgehead atoms. The molecule has 1 aromatic carbocycles. The van der Waals surface area contributed by atoms with E-state index in [1.54, 1.807) is 6.07 Å². The fourth-order valence-electron chi connectivity index (χ4n) is 2.70. The molecule has 1 aliphatic heterocycles. The first-order valence-electron chi connectivity index (χ1n) is 7.17. The van der Waals surface area contributed by atoms with E-state index in [9.17, 15) is 13.2 Å². The van der Waals surface area contributed by atoms with Crippen molar-refractivity contribution in [3.63, 3.8) is 0 Å². The third-order valence-corrected chi connectivity index (χ3v) is 6.02. The van der Waals surface area contributed by atoms with Gasteiger partial charge in [-0.15, -0.1) is 0 Å². The van der Waals surface area contributed by atoms with Crippen molar-refractivity contribution in [1.82, 2.24) is 4.31 Å². The van der Waals surface area contributed by atoms with Crippen LogP contribution in [0.3, 0.4) is 0 Å². The first-order chi connectivity index (χ1) is 10.4. The molecule has 1 aliphatic rings. The van der Waals surface area contributed by atoms with Crippen LogP contribution in [0.2, 0.25) is 0 Å². The van der Waals surface area contributed by atoms with Gasteiger partial charge >= 0.3 is 5.63 Å². The molecule has 2 aromatic rings. The van der Waals surface area contributed by atoms with Gasteiger partial charge in [-0.3, -0.25) is 0 Å². The summed E-state index contributed by atoms with van der Waals surface area (Å²) in [6.07, 6.45) is 0.656. The molecule has 0 saturated carbocycles. The van der Waals surface area contributed by atoms with E-state index in [-0.39, 0.29) is 16.9 Å². The van der Waals surface area contributed by atoms with Crippen LogP contribution in [0, 0.1) is 5.92 Å². The highest BCUT2D eigenvalue weighted by atomic mass is 32.2. The number of nitrogens with two attached hydrogens (primary N) is 1. The number of hydrogen-bond donors (Lipinski definition) is 1. The molecule has 2 atom stereocenters. The molecule has 118 valence electrons. The van der Waals surface area contributed by atoms with Crippen molar-refractivity contribution in [3.05, 3.63) is 40.8 Å². The molecule has 2 unspecified atom stereocenters. The van der Waals surface area contributed by atoms with Gasteiger partial charge in [0.2, 0.25) is 10.0 Å². The second kappa shape index (κ2) is 5.49. The molecule has 3 rings (SSSR count). The number of sulfonamides is 1. The van der Waals surface area contributed by atoms with Crippen LogP contribution in [0.4, 0.5) is 0 Å². The smallest absolute Gasteiger partial charge is 0.336 e. The largest absolute Gasteiger partial charge is 0.423 e. The number of hydrogen-bond acceptors (Lipinski definition) is 5. The maximum absolute atomic E-state index is 12.7. The van der Waals surface area contributed by atoms with Crippen molar-refractivity contribution >= 4 is 21.0 Å². The van der Waals surface area contributed by atoms with Crippen molar-refractivity contribution in [3.8, 4) is 0 Å². The van der Waals surface area contributed by atoms with E-state index in [2.05, 4.69) is 0 Å². The van der Waals surface area contributed by atoms with Gasteiger partial charge in [-0.2, -0.15) is 4.31 Å². The highest BCUT2D eigenvalue weighted by Crippen LogP contribution is 2.25. The van der Waals surface area contributed by atoms with E-state index >= 15 is 0 Å². The van der Waals surface area contributed by atoms with Gasteiger partial charge in [0.15, 0.2) is 0 Å². The molecule has 0 amide bonds. The van der Waals surface area contributed by atoms with E-state index in [4.69, 9.17) is 10.2 Å². The van der Waals surface area contributed by atoms with Crippen molar-refractivity contribution in [2.45, 2.75) is 24.3 Å². The molecule has 1 saturated heterocycles. The standard InChI is InChI=1S/C15H18N2O4S/c1-10-9-17(7-6-13(10)16)22(19,20)12-3-4-14-11(8-12)2-5-15(18)21-14/h2-5,8,10,13H,6-7,9,16H2,1H3. The molecule has 0 radical (unpaired) electrons. The van der Waals surface area contributed by atoms with Gasteiger partial charge in [0.05, 0.1) is 4.90 Å². The van der Waals surface area contributed by atoms with E-state index in [1.165, 1.54) is 28.6 Å². The van der Waals surface area contributed by atoms with Crippen LogP contribution in [0.15, 0.2) is 44.4 Å². The third kappa shape index (κ3) is 2.67. The van der Waals surface area contributed by atoms with Crippen molar-refractivity contribution in [1.29, 1.82) is 0 Å². The lowest BCUT2D eigenvalue weighted by Gasteiger charge is -2.34. The summed E-state index contributed by atoms with van der Waals surface area (Å²) in [5, 5.41) is 0.586. The fraction of sp³-hybridized carbons (Fsp3) is 0.400. The van der Waals surface area contributed by atoms with Crippen LogP contribution in [-0.4, -0.2) is 31.9 Å². The summed E-state index contributed by atoms with van der Waals surface area (Å²) in [5.41, 5.74) is 5.87. The summed E-state index contributed by atoms with van der Waals surface area (Å²) in [6.45, 7) is 2.81. The van der Waals surface area contributed by atoms with Crippen molar-refractivity contribution in [2.75, 3.05) is 13.1 Å². The van der Waals surface area contributed by atoms with Gasteiger partial charge in [0.1, 0.15) is 5.58 Å². The van der Waals surface area contributed by atoms with Gasteiger partial charge in [0, 0.05) is 30.6 Å². The summed E-state index contributed by atoms with van der Waals surface area (Å²) in [7, 11) is -3.56. The van der Waals surface area contributed by atoms with Gasteiger partial charge in [-0.1, -0.05) is 6.92 Å². The molecular formula is C15H18N2O4S. The average molecular weight is 322 g/mol. The first kappa shape index (κ1) is 15.2. The number of fused-ring (bicyclic) bond motifs is 1. The summed E-state index contributed by atoms with van der Waals surface area (Å²) < 4.78 is 32.0. The highest BCUT2D eigenvalue weighted by Gasteiger charge is 2.32. The Balaban J connectivity index is 1.98. The van der Waals surface area contributed by atoms with Crippen LogP contribution in [-0.2, 0) is 10.0 Å². The normalized spacial score (nSPS) is 23.7. The Morgan fingerprint density at radius 3 is 2.77 bits per heavy atom. The predicted molar refractivity (Wildman–Crippen MR) is 83.0 cm³/mol. The Bertz CT molecular complexity index is 859. The first-order valence-corrected chi connectivity index (χ1v) is 8.61. The molecule has 0 spiro atoms. The minimum absolute atomic E-state index is 0.0392. The quantitative estimate of drug-likeness (QED) is 0.837. The predicted octanol–water partition coefficient (Wildman–Crippen LogP) is 1.15. The molecule has 1 aromatic heterocycles. The van der Waals surface area contributed by atoms with Crippen LogP contribution in [0.1, 0.15) is 13.3 Å². The lowest BCUT2D eigenvalue weighted by molar-refractivity contribution is 0.250. The third-order valence-electron chi connectivity index (χ3n) is 4.16. The highest BCUT2D eigenvalue weighted by molar-refractivity contribution is 7.89. The minimum atomic E-state index is -3.56. The molecule has 1 fully saturated rings. The Kier molecular flexibility index (Phi) is 3.80. The number of nitrogens with zero attached hydrogens (tertiary/aromatic N) is 1. The zero-order chi connectivity index (χ0) is 15.9. The zero-order valence-corrected chi connectivity index (χ0v) is 13.0. The van der Waals surface area contributed by atoms with Crippen LogP contribution >= 0.6 is 0 Å². The summed E-state index contributed by atoms with van der Waals surface area (Å²) in [5.74, 6) is 0.127. The second-order valence-electron chi connectivity index (χ2n) is 5.75. The van der Waals surface area contributed by atoms with Crippen molar-refractivity contribution < 1.29 is 12.8 Å². The summed E-state index contributed by atoms with van der Waals surface area (Å²) >= 11 is 0. The molecule has 2 N–H and O–H groups in total. The Morgan fingerprint density at radius 2 is 2.05 bits per heavy atom. The number of benzene rings is 1. The van der Waals surface area contributed by atoms with E-state index in [1.807, 2.05) is 6.92 Å². The van der Waals surface area contributed by atoms with Crippen molar-refractivity contribution in [2.24, 2.45) is 11.7 Å². The number of piperidine rings is 1. The van der Waals surface area contributed by atoms with E-state index < -0.39 is 15.6 Å². The minimum Gasteiger partial charge on any atom is -0.423 e. The van der Waals surface area contributed by atoms with E-state index in [0.29, 0.717) is 30.5 Å². The van der Waals surface area contributed by atoms with Crippen LogP contribution in [0.25, 0.3) is 11.0 Å². The Hall–Kier alpha value is -1.70. The van der Waals surface area contributed by atoms with Crippen LogP contribution in [0.5, 0.6) is 0 Å². The Labute approximate surface area is 128 Å². The molecule has 22 heavy (non-hydrogen) atoms. The average Bonchev–Trinajstić information content (AvgIpc) is 2.49. The second-order valence-corrected chi connectivity index (χ2v) is 7.68. The topological polar surface area (TPSA) is 93.6 Å². The molecule has 0 aliphatic carbocycles.